The molecule has 2 aromatic carbocycles. The van der Waals surface area contributed by atoms with Crippen LogP contribution in [0.2, 0.25) is 0 Å². The monoisotopic (exact) mass is 389 g/mol. The minimum Gasteiger partial charge on any atom is -0.452 e. The fourth-order valence-electron chi connectivity index (χ4n) is 3.60. The van der Waals surface area contributed by atoms with Crippen molar-refractivity contribution >= 4 is 28.5 Å². The molecule has 1 aliphatic rings. The molecule has 0 atom stereocenters. The van der Waals surface area contributed by atoms with E-state index in [-0.39, 0.29) is 12.5 Å². The van der Waals surface area contributed by atoms with E-state index in [2.05, 4.69) is 10.2 Å². The summed E-state index contributed by atoms with van der Waals surface area (Å²) in [6.07, 6.45) is 0.783. The summed E-state index contributed by atoms with van der Waals surface area (Å²) in [7, 11) is 2.02. The lowest BCUT2D eigenvalue weighted by Crippen LogP contribution is -2.30. The van der Waals surface area contributed by atoms with Gasteiger partial charge in [0.25, 0.3) is 5.91 Å². The molecule has 0 fully saturated rings. The second kappa shape index (κ2) is 8.01. The number of hydrogen-bond donors (Lipinski definition) is 1. The van der Waals surface area contributed by atoms with Gasteiger partial charge in [-0.3, -0.25) is 9.78 Å². The number of para-hydroxylation sites is 1. The van der Waals surface area contributed by atoms with Crippen molar-refractivity contribution in [3.63, 3.8) is 0 Å². The highest BCUT2D eigenvalue weighted by atomic mass is 16.5. The number of ether oxygens (including phenoxy) is 1. The summed E-state index contributed by atoms with van der Waals surface area (Å²) < 4.78 is 5.40. The maximum Gasteiger partial charge on any atom is 0.339 e. The normalized spacial score (nSPS) is 13.7. The standard InChI is InChI=1S/C23H23N3O3/c1-15-7-9-16(10-8-15)24-21(27)14-29-23(28)22-17-5-3-4-6-19(17)25-20-11-12-26(2)13-18(20)22/h3-10H,11-14H2,1-2H3,(H,24,27). The molecule has 2 heterocycles. The average molecular weight is 389 g/mol. The molecule has 0 radical (unpaired) electrons. The number of esters is 1. The first kappa shape index (κ1) is 19.1. The van der Waals surface area contributed by atoms with Crippen LogP contribution in [0.5, 0.6) is 0 Å². The van der Waals surface area contributed by atoms with Crippen molar-refractivity contribution in [3.05, 3.63) is 70.9 Å². The zero-order valence-corrected chi connectivity index (χ0v) is 16.6. The highest BCUT2D eigenvalue weighted by Gasteiger charge is 2.25. The first-order valence-corrected chi connectivity index (χ1v) is 9.64. The smallest absolute Gasteiger partial charge is 0.339 e. The fraction of sp³-hybridized carbons (Fsp3) is 0.261. The van der Waals surface area contributed by atoms with E-state index < -0.39 is 5.97 Å². The second-order valence-corrected chi connectivity index (χ2v) is 7.41. The maximum absolute atomic E-state index is 13.0. The van der Waals surface area contributed by atoms with Gasteiger partial charge in [0, 0.05) is 41.8 Å². The Morgan fingerprint density at radius 2 is 1.90 bits per heavy atom. The molecule has 148 valence electrons. The number of pyridine rings is 1. The van der Waals surface area contributed by atoms with E-state index in [9.17, 15) is 9.59 Å². The Morgan fingerprint density at radius 1 is 1.14 bits per heavy atom. The topological polar surface area (TPSA) is 71.5 Å². The molecule has 0 saturated carbocycles. The highest BCUT2D eigenvalue weighted by molar-refractivity contribution is 6.06. The van der Waals surface area contributed by atoms with Crippen molar-refractivity contribution in [2.75, 3.05) is 25.5 Å². The quantitative estimate of drug-likeness (QED) is 0.693. The molecular formula is C23H23N3O3. The largest absolute Gasteiger partial charge is 0.452 e. The molecule has 29 heavy (non-hydrogen) atoms. The molecule has 0 bridgehead atoms. The number of anilines is 1. The van der Waals surface area contributed by atoms with Crippen LogP contribution in [0.15, 0.2) is 48.5 Å². The Hall–Kier alpha value is -3.25. The molecular weight excluding hydrogens is 366 g/mol. The highest BCUT2D eigenvalue weighted by Crippen LogP contribution is 2.28. The van der Waals surface area contributed by atoms with Crippen LogP contribution in [-0.4, -0.2) is 42.0 Å². The number of carbonyl (C=O) groups is 2. The van der Waals surface area contributed by atoms with Gasteiger partial charge in [0.05, 0.1) is 11.1 Å². The molecule has 6 heteroatoms. The van der Waals surface area contributed by atoms with Gasteiger partial charge in [-0.15, -0.1) is 0 Å². The number of carbonyl (C=O) groups excluding carboxylic acids is 2. The number of nitrogens with zero attached hydrogens (tertiary/aromatic N) is 2. The van der Waals surface area contributed by atoms with Gasteiger partial charge in [0.1, 0.15) is 0 Å². The SMILES string of the molecule is Cc1ccc(NC(=O)COC(=O)c2c3c(nc4ccccc24)CCN(C)C3)cc1. The Morgan fingerprint density at radius 3 is 2.69 bits per heavy atom. The predicted molar refractivity (Wildman–Crippen MR) is 112 cm³/mol. The number of amides is 1. The van der Waals surface area contributed by atoms with Crippen LogP contribution in [-0.2, 0) is 22.5 Å². The summed E-state index contributed by atoms with van der Waals surface area (Å²) in [4.78, 5) is 32.1. The van der Waals surface area contributed by atoms with Crippen LogP contribution in [0, 0.1) is 6.92 Å². The summed E-state index contributed by atoms with van der Waals surface area (Å²) in [5.41, 5.74) is 4.88. The molecule has 0 spiro atoms. The molecule has 0 saturated heterocycles. The van der Waals surface area contributed by atoms with Gasteiger partial charge in [-0.2, -0.15) is 0 Å². The van der Waals surface area contributed by atoms with Gasteiger partial charge in [-0.1, -0.05) is 35.9 Å². The second-order valence-electron chi connectivity index (χ2n) is 7.41. The number of rotatable bonds is 4. The third-order valence-electron chi connectivity index (χ3n) is 5.11. The van der Waals surface area contributed by atoms with Crippen molar-refractivity contribution in [1.29, 1.82) is 0 Å². The summed E-state index contributed by atoms with van der Waals surface area (Å²) in [6.45, 7) is 3.16. The van der Waals surface area contributed by atoms with E-state index in [0.29, 0.717) is 17.8 Å². The zero-order chi connectivity index (χ0) is 20.4. The van der Waals surface area contributed by atoms with Gasteiger partial charge in [-0.25, -0.2) is 4.79 Å². The molecule has 4 rings (SSSR count). The lowest BCUT2D eigenvalue weighted by Gasteiger charge is -2.26. The van der Waals surface area contributed by atoms with Gasteiger partial charge in [-0.05, 0) is 32.2 Å². The van der Waals surface area contributed by atoms with E-state index in [0.717, 1.165) is 40.7 Å². The third-order valence-corrected chi connectivity index (χ3v) is 5.11. The minimum atomic E-state index is -0.491. The Bertz CT molecular complexity index is 1080. The molecule has 1 aliphatic heterocycles. The summed E-state index contributed by atoms with van der Waals surface area (Å²) in [6, 6.07) is 15.0. The van der Waals surface area contributed by atoms with E-state index in [4.69, 9.17) is 9.72 Å². The van der Waals surface area contributed by atoms with Crippen molar-refractivity contribution in [1.82, 2.24) is 9.88 Å². The number of likely N-dealkylation sites (N-methyl/N-ethyl adjacent to an activating group) is 1. The number of benzene rings is 2. The average Bonchev–Trinajstić information content (AvgIpc) is 2.72. The fourth-order valence-corrected chi connectivity index (χ4v) is 3.60. The van der Waals surface area contributed by atoms with Crippen LogP contribution in [0.25, 0.3) is 10.9 Å². The first-order chi connectivity index (χ1) is 14.0. The van der Waals surface area contributed by atoms with Crippen molar-refractivity contribution in [2.24, 2.45) is 0 Å². The number of nitrogens with one attached hydrogen (secondary N) is 1. The van der Waals surface area contributed by atoms with Gasteiger partial charge >= 0.3 is 5.97 Å². The predicted octanol–water partition coefficient (Wildman–Crippen LogP) is 3.33. The lowest BCUT2D eigenvalue weighted by atomic mass is 9.96. The van der Waals surface area contributed by atoms with Gasteiger partial charge < -0.3 is 15.0 Å². The minimum absolute atomic E-state index is 0.339. The van der Waals surface area contributed by atoms with Crippen LogP contribution in [0.4, 0.5) is 5.69 Å². The van der Waals surface area contributed by atoms with Crippen LogP contribution < -0.4 is 5.32 Å². The van der Waals surface area contributed by atoms with Crippen LogP contribution in [0.3, 0.4) is 0 Å². The van der Waals surface area contributed by atoms with Crippen LogP contribution >= 0.6 is 0 Å². The number of aromatic nitrogens is 1. The third kappa shape index (κ3) is 4.12. The van der Waals surface area contributed by atoms with E-state index in [1.54, 1.807) is 0 Å². The summed E-state index contributed by atoms with van der Waals surface area (Å²) >= 11 is 0. The lowest BCUT2D eigenvalue weighted by molar-refractivity contribution is -0.119. The molecule has 3 aromatic rings. The molecule has 1 N–H and O–H groups in total. The molecule has 0 aliphatic carbocycles. The molecule has 1 amide bonds. The van der Waals surface area contributed by atoms with Crippen LogP contribution in [0.1, 0.15) is 27.2 Å². The first-order valence-electron chi connectivity index (χ1n) is 9.64. The van der Waals surface area contributed by atoms with Crippen molar-refractivity contribution in [2.45, 2.75) is 19.9 Å². The van der Waals surface area contributed by atoms with E-state index in [1.807, 2.05) is 62.5 Å². The van der Waals surface area contributed by atoms with Gasteiger partial charge in [0.2, 0.25) is 0 Å². The Kier molecular flexibility index (Phi) is 5.27. The van der Waals surface area contributed by atoms with Crippen molar-refractivity contribution < 1.29 is 14.3 Å². The zero-order valence-electron chi connectivity index (χ0n) is 16.6. The van der Waals surface area contributed by atoms with Crippen molar-refractivity contribution in [3.8, 4) is 0 Å². The number of aryl methyl sites for hydroxylation is 1. The molecule has 6 nitrogen and oxygen atoms in total. The van der Waals surface area contributed by atoms with Gasteiger partial charge in [0.15, 0.2) is 6.61 Å². The maximum atomic E-state index is 13.0. The Labute approximate surface area is 169 Å². The molecule has 0 unspecified atom stereocenters. The molecule has 1 aromatic heterocycles. The number of hydrogen-bond acceptors (Lipinski definition) is 5. The summed E-state index contributed by atoms with van der Waals surface area (Å²) in [5, 5.41) is 3.50. The Balaban J connectivity index is 1.55. The number of fused-ring (bicyclic) bond motifs is 2. The van der Waals surface area contributed by atoms with E-state index in [1.165, 1.54) is 0 Å². The summed E-state index contributed by atoms with van der Waals surface area (Å²) in [5.74, 6) is -0.860. The van der Waals surface area contributed by atoms with E-state index >= 15 is 0 Å².